The van der Waals surface area contributed by atoms with E-state index in [0.29, 0.717) is 22.2 Å². The highest BCUT2D eigenvalue weighted by molar-refractivity contribution is 6.33. The van der Waals surface area contributed by atoms with Crippen molar-refractivity contribution in [3.63, 3.8) is 0 Å². The van der Waals surface area contributed by atoms with Crippen molar-refractivity contribution in [1.29, 1.82) is 0 Å². The Hall–Kier alpha value is -2.04. The monoisotopic (exact) mass is 334 g/mol. The number of oxazole rings is 1. The van der Waals surface area contributed by atoms with Crippen LogP contribution in [0.3, 0.4) is 0 Å². The van der Waals surface area contributed by atoms with E-state index in [-0.39, 0.29) is 18.2 Å². The van der Waals surface area contributed by atoms with Gasteiger partial charge >= 0.3 is 0 Å². The number of carbonyl (C=O) groups excluding carboxylic acids is 1. The molecule has 3 aromatic rings. The molecule has 0 spiro atoms. The van der Waals surface area contributed by atoms with Gasteiger partial charge in [-0.3, -0.25) is 4.79 Å². The molecule has 112 valence electrons. The number of nitrogens with one attached hydrogen (secondary N) is 1. The third kappa shape index (κ3) is 3.08. The summed E-state index contributed by atoms with van der Waals surface area (Å²) in [4.78, 5) is 16.1. The van der Waals surface area contributed by atoms with Crippen molar-refractivity contribution < 1.29 is 9.21 Å². The van der Waals surface area contributed by atoms with Gasteiger partial charge in [0.05, 0.1) is 10.7 Å². The summed E-state index contributed by atoms with van der Waals surface area (Å²) in [6.07, 6.45) is 0.227. The molecule has 3 rings (SSSR count). The van der Waals surface area contributed by atoms with E-state index < -0.39 is 0 Å². The van der Waals surface area contributed by atoms with Crippen LogP contribution >= 0.6 is 23.2 Å². The zero-order chi connectivity index (χ0) is 15.5. The number of alkyl halides is 1. The summed E-state index contributed by atoms with van der Waals surface area (Å²) in [6, 6.07) is 12.7. The normalized spacial score (nSPS) is 10.8. The van der Waals surface area contributed by atoms with Crippen molar-refractivity contribution in [2.45, 2.75) is 6.42 Å². The van der Waals surface area contributed by atoms with E-state index >= 15 is 0 Å². The van der Waals surface area contributed by atoms with Crippen LogP contribution in [0.25, 0.3) is 22.6 Å². The topological polar surface area (TPSA) is 55.1 Å². The number of nitrogens with zero attached hydrogens (tertiary/aromatic N) is 1. The molecule has 6 heteroatoms. The Morgan fingerprint density at radius 2 is 2.05 bits per heavy atom. The number of hydrogen-bond acceptors (Lipinski definition) is 3. The predicted molar refractivity (Wildman–Crippen MR) is 88.4 cm³/mol. The van der Waals surface area contributed by atoms with Crippen LogP contribution in [-0.4, -0.2) is 16.8 Å². The lowest BCUT2D eigenvalue weighted by atomic mass is 10.2. The number of amides is 1. The minimum atomic E-state index is -0.188. The van der Waals surface area contributed by atoms with Gasteiger partial charge in [0.2, 0.25) is 11.8 Å². The van der Waals surface area contributed by atoms with Gasteiger partial charge in [-0.1, -0.05) is 23.7 Å². The van der Waals surface area contributed by atoms with E-state index in [1.807, 2.05) is 24.3 Å². The average molecular weight is 335 g/mol. The highest BCUT2D eigenvalue weighted by Crippen LogP contribution is 2.30. The number of halogens is 2. The number of rotatable bonds is 4. The van der Waals surface area contributed by atoms with Gasteiger partial charge in [-0.05, 0) is 30.3 Å². The Kier molecular flexibility index (Phi) is 4.32. The number of carbonyl (C=O) groups is 1. The molecule has 1 amide bonds. The quantitative estimate of drug-likeness (QED) is 0.702. The molecule has 4 nitrogen and oxygen atoms in total. The van der Waals surface area contributed by atoms with E-state index in [0.717, 1.165) is 11.1 Å². The van der Waals surface area contributed by atoms with Crippen molar-refractivity contribution in [3.8, 4) is 11.5 Å². The fourth-order valence-electron chi connectivity index (χ4n) is 2.05. The van der Waals surface area contributed by atoms with Crippen LogP contribution in [0, 0.1) is 0 Å². The average Bonchev–Trinajstić information content (AvgIpc) is 2.93. The van der Waals surface area contributed by atoms with Crippen molar-refractivity contribution in [2.75, 3.05) is 11.2 Å². The third-order valence-corrected chi connectivity index (χ3v) is 3.62. The lowest BCUT2D eigenvalue weighted by Crippen LogP contribution is -2.12. The first-order chi connectivity index (χ1) is 10.7. The number of fused-ring (bicyclic) bond motifs is 1. The van der Waals surface area contributed by atoms with Crippen molar-refractivity contribution in [1.82, 2.24) is 4.98 Å². The van der Waals surface area contributed by atoms with Crippen molar-refractivity contribution >= 4 is 45.9 Å². The van der Waals surface area contributed by atoms with Crippen LogP contribution in [0.15, 0.2) is 46.9 Å². The summed E-state index contributed by atoms with van der Waals surface area (Å²) in [7, 11) is 0. The Labute approximate surface area is 137 Å². The Morgan fingerprint density at radius 1 is 1.23 bits per heavy atom. The molecule has 1 N–H and O–H groups in total. The van der Waals surface area contributed by atoms with Crippen LogP contribution in [0.5, 0.6) is 0 Å². The fraction of sp³-hybridized carbons (Fsp3) is 0.125. The molecule has 0 unspecified atom stereocenters. The number of hydrogen-bond donors (Lipinski definition) is 1. The van der Waals surface area contributed by atoms with E-state index in [1.165, 1.54) is 0 Å². The summed E-state index contributed by atoms with van der Waals surface area (Å²) in [5.74, 6) is 0.547. The summed E-state index contributed by atoms with van der Waals surface area (Å²) >= 11 is 11.7. The van der Waals surface area contributed by atoms with Crippen LogP contribution in [0.2, 0.25) is 5.02 Å². The maximum Gasteiger partial charge on any atom is 0.227 e. The maximum absolute atomic E-state index is 11.7. The summed E-state index contributed by atoms with van der Waals surface area (Å²) < 4.78 is 5.71. The first-order valence-electron chi connectivity index (χ1n) is 6.68. The van der Waals surface area contributed by atoms with Gasteiger partial charge < -0.3 is 9.73 Å². The molecule has 0 fully saturated rings. The molecule has 0 saturated carbocycles. The number of para-hydroxylation sites is 2. The second kappa shape index (κ2) is 6.38. The van der Waals surface area contributed by atoms with Gasteiger partial charge in [0.1, 0.15) is 5.52 Å². The van der Waals surface area contributed by atoms with E-state index in [9.17, 15) is 4.79 Å². The van der Waals surface area contributed by atoms with E-state index in [1.54, 1.807) is 18.2 Å². The van der Waals surface area contributed by atoms with Crippen molar-refractivity contribution in [2.24, 2.45) is 0 Å². The molecule has 0 aliphatic rings. The maximum atomic E-state index is 11.7. The Balaban J connectivity index is 1.95. The zero-order valence-corrected chi connectivity index (χ0v) is 13.0. The predicted octanol–water partition coefficient (Wildman–Crippen LogP) is 4.72. The van der Waals surface area contributed by atoms with Gasteiger partial charge in [0, 0.05) is 17.9 Å². The fourth-order valence-corrected chi connectivity index (χ4v) is 2.38. The molecule has 0 saturated heterocycles. The largest absolute Gasteiger partial charge is 0.436 e. The summed E-state index contributed by atoms with van der Waals surface area (Å²) in [5, 5.41) is 3.18. The Morgan fingerprint density at radius 3 is 2.82 bits per heavy atom. The zero-order valence-electron chi connectivity index (χ0n) is 11.5. The minimum Gasteiger partial charge on any atom is -0.436 e. The van der Waals surface area contributed by atoms with Gasteiger partial charge in [0.15, 0.2) is 5.58 Å². The summed E-state index contributed by atoms with van der Waals surface area (Å²) in [6.45, 7) is 0. The minimum absolute atomic E-state index is 0.188. The molecule has 2 aromatic carbocycles. The molecule has 0 radical (unpaired) electrons. The second-order valence-electron chi connectivity index (χ2n) is 4.67. The first-order valence-corrected chi connectivity index (χ1v) is 7.60. The molecular weight excluding hydrogens is 323 g/mol. The standard InChI is InChI=1S/C16H12Cl2N2O2/c17-8-7-15(21)19-13-9-10(5-6-11(13)18)16-20-12-3-1-2-4-14(12)22-16/h1-6,9H,7-8H2,(H,19,21). The van der Waals surface area contributed by atoms with Gasteiger partial charge in [-0.25, -0.2) is 4.98 Å². The van der Waals surface area contributed by atoms with E-state index in [4.69, 9.17) is 27.6 Å². The first kappa shape index (κ1) is 14.9. The lowest BCUT2D eigenvalue weighted by Gasteiger charge is -2.07. The second-order valence-corrected chi connectivity index (χ2v) is 5.45. The van der Waals surface area contributed by atoms with Crippen LogP contribution < -0.4 is 5.32 Å². The molecule has 0 aliphatic carbocycles. The molecular formula is C16H12Cl2N2O2. The molecule has 0 bridgehead atoms. The smallest absolute Gasteiger partial charge is 0.227 e. The number of anilines is 1. The number of benzene rings is 2. The third-order valence-electron chi connectivity index (χ3n) is 3.10. The summed E-state index contributed by atoms with van der Waals surface area (Å²) in [5.41, 5.74) is 2.73. The van der Waals surface area contributed by atoms with Crippen LogP contribution in [0.4, 0.5) is 5.69 Å². The van der Waals surface area contributed by atoms with Crippen LogP contribution in [0.1, 0.15) is 6.42 Å². The lowest BCUT2D eigenvalue weighted by molar-refractivity contribution is -0.115. The van der Waals surface area contributed by atoms with Crippen molar-refractivity contribution in [3.05, 3.63) is 47.5 Å². The molecule has 1 aromatic heterocycles. The van der Waals surface area contributed by atoms with E-state index in [2.05, 4.69) is 10.3 Å². The molecule has 1 heterocycles. The highest BCUT2D eigenvalue weighted by atomic mass is 35.5. The number of aromatic nitrogens is 1. The van der Waals surface area contributed by atoms with Crippen LogP contribution in [-0.2, 0) is 4.79 Å². The van der Waals surface area contributed by atoms with Gasteiger partial charge in [0.25, 0.3) is 0 Å². The van der Waals surface area contributed by atoms with Gasteiger partial charge in [-0.2, -0.15) is 0 Å². The molecule has 0 atom stereocenters. The molecule has 0 aliphatic heterocycles. The van der Waals surface area contributed by atoms with Gasteiger partial charge in [-0.15, -0.1) is 11.6 Å². The molecule has 22 heavy (non-hydrogen) atoms. The Bertz CT molecular complexity index is 797. The SMILES string of the molecule is O=C(CCCl)Nc1cc(-c2nc3ccccc3o2)ccc1Cl. The highest BCUT2D eigenvalue weighted by Gasteiger charge is 2.11.